The van der Waals surface area contributed by atoms with E-state index in [9.17, 15) is 27.1 Å². The second-order valence-electron chi connectivity index (χ2n) is 9.16. The Labute approximate surface area is 185 Å². The van der Waals surface area contributed by atoms with Crippen molar-refractivity contribution in [3.8, 4) is 0 Å². The number of alkyl halides is 3. The summed E-state index contributed by atoms with van der Waals surface area (Å²) < 4.78 is 67.4. The monoisotopic (exact) mass is 455 g/mol. The minimum Gasteiger partial charge on any atom is -0.392 e. The van der Waals surface area contributed by atoms with Crippen LogP contribution in [-0.4, -0.2) is 17.8 Å². The van der Waals surface area contributed by atoms with Crippen LogP contribution in [0.2, 0.25) is 0 Å². The molecule has 7 heteroatoms. The summed E-state index contributed by atoms with van der Waals surface area (Å²) in [5, 5.41) is 14.1. The molecule has 0 aromatic heterocycles. The zero-order valence-electron chi connectivity index (χ0n) is 18.4. The third-order valence-electron chi connectivity index (χ3n) is 6.12. The van der Waals surface area contributed by atoms with Crippen LogP contribution in [0.5, 0.6) is 0 Å². The molecule has 176 valence electrons. The van der Waals surface area contributed by atoms with Crippen molar-refractivity contribution in [1.82, 2.24) is 5.32 Å². The third kappa shape index (κ3) is 6.29. The van der Waals surface area contributed by atoms with E-state index in [0.29, 0.717) is 48.8 Å². The van der Waals surface area contributed by atoms with Crippen LogP contribution in [0.3, 0.4) is 0 Å². The van der Waals surface area contributed by atoms with Gasteiger partial charge in [-0.1, -0.05) is 26.0 Å². The predicted molar refractivity (Wildman–Crippen MR) is 114 cm³/mol. The van der Waals surface area contributed by atoms with Crippen molar-refractivity contribution in [3.63, 3.8) is 0 Å². The minimum atomic E-state index is -4.39. The second kappa shape index (κ2) is 10.3. The van der Waals surface area contributed by atoms with Gasteiger partial charge in [-0.05, 0) is 78.8 Å². The summed E-state index contributed by atoms with van der Waals surface area (Å²) in [6, 6.07) is 7.34. The molecular weight excluding hydrogens is 425 g/mol. The van der Waals surface area contributed by atoms with Crippen LogP contribution in [0.4, 0.5) is 22.0 Å². The smallest absolute Gasteiger partial charge is 0.392 e. The molecule has 0 radical (unpaired) electrons. The number of aliphatic hydroxyl groups excluding tert-OH is 1. The van der Waals surface area contributed by atoms with Crippen molar-refractivity contribution in [2.24, 2.45) is 11.8 Å². The summed E-state index contributed by atoms with van der Waals surface area (Å²) >= 11 is 0. The predicted octanol–water partition coefficient (Wildman–Crippen LogP) is 6.22. The van der Waals surface area contributed by atoms with Crippen LogP contribution in [-0.2, 0) is 19.0 Å². The first kappa shape index (κ1) is 24.6. The van der Waals surface area contributed by atoms with Crippen molar-refractivity contribution < 1.29 is 27.1 Å². The Bertz CT molecular complexity index is 891. The molecule has 3 rings (SSSR count). The van der Waals surface area contributed by atoms with Gasteiger partial charge in [-0.3, -0.25) is 0 Å². The quantitative estimate of drug-likeness (QED) is 0.464. The minimum absolute atomic E-state index is 0.190. The molecule has 1 aliphatic rings. The van der Waals surface area contributed by atoms with Gasteiger partial charge in [-0.25, -0.2) is 8.78 Å². The lowest BCUT2D eigenvalue weighted by molar-refractivity contribution is -0.138. The molecule has 0 fully saturated rings. The first-order valence-electron chi connectivity index (χ1n) is 11.1. The summed E-state index contributed by atoms with van der Waals surface area (Å²) in [7, 11) is 0. The fourth-order valence-corrected chi connectivity index (χ4v) is 4.77. The van der Waals surface area contributed by atoms with Crippen molar-refractivity contribution in [3.05, 3.63) is 70.3 Å². The summed E-state index contributed by atoms with van der Waals surface area (Å²) in [6.45, 7) is 4.21. The van der Waals surface area contributed by atoms with Crippen LogP contribution in [0.15, 0.2) is 36.4 Å². The molecule has 0 bridgehead atoms. The third-order valence-corrected chi connectivity index (χ3v) is 6.12. The molecule has 2 nitrogen and oxygen atoms in total. The van der Waals surface area contributed by atoms with Gasteiger partial charge in [0.2, 0.25) is 0 Å². The Balaban J connectivity index is 1.72. The number of hydrogen-bond acceptors (Lipinski definition) is 2. The zero-order valence-corrected chi connectivity index (χ0v) is 18.4. The number of fused-ring (bicyclic) bond motifs is 1. The van der Waals surface area contributed by atoms with E-state index < -0.39 is 29.5 Å². The van der Waals surface area contributed by atoms with Crippen LogP contribution in [0.25, 0.3) is 0 Å². The molecule has 0 saturated heterocycles. The van der Waals surface area contributed by atoms with Gasteiger partial charge in [0, 0.05) is 18.7 Å². The van der Waals surface area contributed by atoms with Gasteiger partial charge in [0.05, 0.1) is 11.7 Å². The first-order valence-corrected chi connectivity index (χ1v) is 11.1. The Morgan fingerprint density at radius 2 is 1.78 bits per heavy atom. The molecule has 3 atom stereocenters. The van der Waals surface area contributed by atoms with E-state index in [0.717, 1.165) is 12.1 Å². The van der Waals surface area contributed by atoms with Gasteiger partial charge >= 0.3 is 6.18 Å². The Kier molecular flexibility index (Phi) is 7.93. The number of benzene rings is 2. The fourth-order valence-electron chi connectivity index (χ4n) is 4.77. The lowest BCUT2D eigenvalue weighted by Gasteiger charge is -2.31. The molecular formula is C25H30F5NO. The van der Waals surface area contributed by atoms with E-state index in [4.69, 9.17) is 0 Å². The number of rotatable bonds is 8. The topological polar surface area (TPSA) is 32.3 Å². The van der Waals surface area contributed by atoms with Gasteiger partial charge in [-0.15, -0.1) is 0 Å². The van der Waals surface area contributed by atoms with Crippen LogP contribution >= 0.6 is 0 Å². The van der Waals surface area contributed by atoms with Crippen molar-refractivity contribution in [2.75, 3.05) is 6.54 Å². The van der Waals surface area contributed by atoms with Crippen LogP contribution in [0.1, 0.15) is 61.4 Å². The summed E-state index contributed by atoms with van der Waals surface area (Å²) in [6.07, 6.45) is -2.53. The highest BCUT2D eigenvalue weighted by Crippen LogP contribution is 2.39. The fraction of sp³-hybridized carbons (Fsp3) is 0.520. The maximum absolute atomic E-state index is 13.6. The molecule has 0 spiro atoms. The molecule has 2 aromatic carbocycles. The molecule has 0 amide bonds. The molecule has 2 N–H and O–H groups in total. The summed E-state index contributed by atoms with van der Waals surface area (Å²) in [5.41, 5.74) is 0.844. The summed E-state index contributed by atoms with van der Waals surface area (Å²) in [5.74, 6) is -1.29. The van der Waals surface area contributed by atoms with E-state index >= 15 is 0 Å². The Morgan fingerprint density at radius 3 is 2.41 bits per heavy atom. The Morgan fingerprint density at radius 1 is 1.09 bits per heavy atom. The van der Waals surface area contributed by atoms with Gasteiger partial charge in [-0.2, -0.15) is 13.2 Å². The van der Waals surface area contributed by atoms with E-state index in [2.05, 4.69) is 5.32 Å². The normalized spacial score (nSPS) is 18.5. The van der Waals surface area contributed by atoms with Gasteiger partial charge in [0.1, 0.15) is 11.6 Å². The van der Waals surface area contributed by atoms with Crippen molar-refractivity contribution >= 4 is 0 Å². The lowest BCUT2D eigenvalue weighted by Crippen LogP contribution is -2.37. The molecule has 32 heavy (non-hydrogen) atoms. The molecule has 0 aliphatic heterocycles. The van der Waals surface area contributed by atoms with Gasteiger partial charge in [0.15, 0.2) is 0 Å². The number of nitrogens with one attached hydrogen (secondary N) is 1. The maximum Gasteiger partial charge on any atom is 0.416 e. The average molecular weight is 456 g/mol. The maximum atomic E-state index is 13.6. The largest absolute Gasteiger partial charge is 0.416 e. The van der Waals surface area contributed by atoms with Crippen molar-refractivity contribution in [2.45, 2.75) is 64.3 Å². The first-order chi connectivity index (χ1) is 15.0. The standard InChI is InChI=1S/C25H30F5NO/c1-15(2)9-17(10-16-11-18(26)13-19(27)12-16)24(32)14-31-23-8-4-5-20-21(23)6-3-7-22(20)25(28,29)30/h3,6-7,11-13,15,17,23-24,31-32H,4-5,8-10,14H2,1-2H3/t17-,23-,24-/m0/s1. The molecule has 0 saturated carbocycles. The van der Waals surface area contributed by atoms with Gasteiger partial charge in [0.25, 0.3) is 0 Å². The van der Waals surface area contributed by atoms with Crippen molar-refractivity contribution in [1.29, 1.82) is 0 Å². The number of aliphatic hydroxyl groups is 1. The Hall–Kier alpha value is -1.99. The second-order valence-corrected chi connectivity index (χ2v) is 9.16. The summed E-state index contributed by atoms with van der Waals surface area (Å²) in [4.78, 5) is 0. The SMILES string of the molecule is CC(C)C[C@@H](Cc1cc(F)cc(F)c1)[C@@H](O)CN[C@H]1CCCc2c1cccc2C(F)(F)F. The molecule has 2 aromatic rings. The highest BCUT2D eigenvalue weighted by molar-refractivity contribution is 5.40. The van der Waals surface area contributed by atoms with Gasteiger partial charge < -0.3 is 10.4 Å². The lowest BCUT2D eigenvalue weighted by atomic mass is 9.83. The average Bonchev–Trinajstić information content (AvgIpc) is 2.69. The number of hydrogen-bond donors (Lipinski definition) is 2. The van der Waals surface area contributed by atoms with E-state index in [1.807, 2.05) is 13.8 Å². The molecule has 1 aliphatic carbocycles. The highest BCUT2D eigenvalue weighted by Gasteiger charge is 2.36. The van der Waals surface area contributed by atoms with E-state index in [1.54, 1.807) is 6.07 Å². The van der Waals surface area contributed by atoms with E-state index in [1.165, 1.54) is 18.2 Å². The van der Waals surface area contributed by atoms with Crippen LogP contribution < -0.4 is 5.32 Å². The van der Waals surface area contributed by atoms with E-state index in [-0.39, 0.29) is 24.4 Å². The highest BCUT2D eigenvalue weighted by atomic mass is 19.4. The molecule has 0 unspecified atom stereocenters. The zero-order chi connectivity index (χ0) is 23.5. The van der Waals surface area contributed by atoms with Crippen LogP contribution in [0, 0.1) is 23.5 Å². The number of halogens is 5. The molecule has 0 heterocycles.